The molecule has 0 nitrogen and oxygen atoms in total. The van der Waals surface area contributed by atoms with Gasteiger partial charge in [-0.1, -0.05) is 35.9 Å². The first-order valence-corrected chi connectivity index (χ1v) is 6.66. The van der Waals surface area contributed by atoms with Crippen molar-refractivity contribution in [3.05, 3.63) is 69.0 Å². The lowest BCUT2D eigenvalue weighted by Crippen LogP contribution is -2.01. The second-order valence-electron chi connectivity index (χ2n) is 4.84. The van der Waals surface area contributed by atoms with E-state index in [1.54, 1.807) is 19.1 Å². The molecule has 0 aromatic heterocycles. The Kier molecular flexibility index (Phi) is 4.39. The van der Waals surface area contributed by atoms with Crippen molar-refractivity contribution >= 4 is 11.6 Å². The largest absolute Gasteiger partial charge is 0.205 e. The first-order valence-electron chi connectivity index (χ1n) is 6.28. The van der Waals surface area contributed by atoms with Gasteiger partial charge in [0.1, 0.15) is 5.82 Å². The van der Waals surface area contributed by atoms with Gasteiger partial charge in [-0.15, -0.1) is 0 Å². The maximum Gasteiger partial charge on any atom is 0.162 e. The molecule has 2 aromatic carbocycles. The Hall–Kier alpha value is -1.48. The van der Waals surface area contributed by atoms with E-state index in [2.05, 4.69) is 0 Å². The van der Waals surface area contributed by atoms with E-state index in [1.165, 1.54) is 19.1 Å². The van der Waals surface area contributed by atoms with E-state index in [9.17, 15) is 13.2 Å². The molecule has 0 fully saturated rings. The highest BCUT2D eigenvalue weighted by Crippen LogP contribution is 2.24. The summed E-state index contributed by atoms with van der Waals surface area (Å²) >= 11 is 5.83. The molecule has 0 radical (unpaired) electrons. The molecular weight excluding hydrogens is 285 g/mol. The van der Waals surface area contributed by atoms with Gasteiger partial charge in [0.05, 0.1) is 5.02 Å². The van der Waals surface area contributed by atoms with Crippen LogP contribution in [0.3, 0.4) is 0 Å². The van der Waals surface area contributed by atoms with Crippen LogP contribution in [0.15, 0.2) is 24.3 Å². The summed E-state index contributed by atoms with van der Waals surface area (Å²) in [5.41, 5.74) is 1.56. The van der Waals surface area contributed by atoms with Gasteiger partial charge in [-0.25, -0.2) is 13.2 Å². The lowest BCUT2D eigenvalue weighted by molar-refractivity contribution is 0.492. The van der Waals surface area contributed by atoms with E-state index in [0.29, 0.717) is 11.1 Å². The Bertz CT molecular complexity index is 593. The van der Waals surface area contributed by atoms with Crippen molar-refractivity contribution in [2.75, 3.05) is 0 Å². The number of rotatable bonds is 3. The summed E-state index contributed by atoms with van der Waals surface area (Å²) in [6.45, 7) is 3.21. The summed E-state index contributed by atoms with van der Waals surface area (Å²) in [4.78, 5) is 0. The molecule has 0 saturated carbocycles. The minimum absolute atomic E-state index is 0.0815. The monoisotopic (exact) mass is 298 g/mol. The van der Waals surface area contributed by atoms with E-state index in [0.717, 1.165) is 0 Å². The maximum atomic E-state index is 13.9. The maximum absolute atomic E-state index is 13.9. The zero-order valence-corrected chi connectivity index (χ0v) is 12.0. The molecule has 0 spiro atoms. The van der Waals surface area contributed by atoms with E-state index in [1.807, 2.05) is 0 Å². The van der Waals surface area contributed by atoms with Crippen LogP contribution in [0.1, 0.15) is 22.3 Å². The van der Waals surface area contributed by atoms with Gasteiger partial charge in [0, 0.05) is 0 Å². The average molecular weight is 299 g/mol. The van der Waals surface area contributed by atoms with Crippen LogP contribution in [-0.2, 0) is 12.8 Å². The highest BCUT2D eigenvalue weighted by atomic mass is 35.5. The quantitative estimate of drug-likeness (QED) is 0.734. The summed E-state index contributed by atoms with van der Waals surface area (Å²) in [5.74, 6) is -2.19. The van der Waals surface area contributed by atoms with E-state index in [-0.39, 0.29) is 29.0 Å². The predicted molar refractivity (Wildman–Crippen MR) is 74.7 cm³/mol. The fraction of sp³-hybridized carbons (Fsp3) is 0.250. The zero-order chi connectivity index (χ0) is 14.9. The third-order valence-corrected chi connectivity index (χ3v) is 3.84. The molecule has 106 valence electrons. The fourth-order valence-corrected chi connectivity index (χ4v) is 2.21. The van der Waals surface area contributed by atoms with Gasteiger partial charge in [-0.3, -0.25) is 0 Å². The molecule has 0 aliphatic rings. The van der Waals surface area contributed by atoms with Crippen molar-refractivity contribution in [3.63, 3.8) is 0 Å². The van der Waals surface area contributed by atoms with E-state index in [4.69, 9.17) is 11.6 Å². The fourth-order valence-electron chi connectivity index (χ4n) is 2.03. The van der Waals surface area contributed by atoms with Crippen LogP contribution >= 0.6 is 11.6 Å². The van der Waals surface area contributed by atoms with E-state index < -0.39 is 17.5 Å². The van der Waals surface area contributed by atoms with Crippen molar-refractivity contribution in [3.8, 4) is 0 Å². The number of hydrogen-bond acceptors (Lipinski definition) is 0. The molecule has 0 amide bonds. The van der Waals surface area contributed by atoms with Crippen LogP contribution in [0, 0.1) is 31.3 Å². The number of benzene rings is 2. The average Bonchev–Trinajstić information content (AvgIpc) is 2.43. The van der Waals surface area contributed by atoms with Crippen LogP contribution in [0.5, 0.6) is 0 Å². The van der Waals surface area contributed by atoms with E-state index >= 15 is 0 Å². The molecule has 0 N–H and O–H groups in total. The SMILES string of the molecule is Cc1ccc(CCc2ccc(C)c(Cl)c2F)c(F)c1F. The topological polar surface area (TPSA) is 0 Å². The minimum atomic E-state index is -0.858. The lowest BCUT2D eigenvalue weighted by atomic mass is 10.0. The highest BCUT2D eigenvalue weighted by Gasteiger charge is 2.13. The van der Waals surface area contributed by atoms with Crippen molar-refractivity contribution in [1.82, 2.24) is 0 Å². The smallest absolute Gasteiger partial charge is 0.162 e. The van der Waals surface area contributed by atoms with Crippen LogP contribution in [0.25, 0.3) is 0 Å². The molecule has 2 rings (SSSR count). The Balaban J connectivity index is 2.22. The molecule has 0 saturated heterocycles. The summed E-state index contributed by atoms with van der Waals surface area (Å²) in [6, 6.07) is 6.39. The summed E-state index contributed by atoms with van der Waals surface area (Å²) < 4.78 is 41.1. The van der Waals surface area contributed by atoms with Crippen LogP contribution in [0.4, 0.5) is 13.2 Å². The normalized spacial score (nSPS) is 10.9. The second-order valence-corrected chi connectivity index (χ2v) is 5.22. The number of halogens is 4. The molecule has 0 aliphatic carbocycles. The Labute approximate surface area is 121 Å². The molecule has 0 aliphatic heterocycles. The van der Waals surface area contributed by atoms with Gasteiger partial charge in [-0.2, -0.15) is 0 Å². The molecule has 20 heavy (non-hydrogen) atoms. The number of aryl methyl sites for hydroxylation is 4. The van der Waals surface area contributed by atoms with Crippen molar-refractivity contribution in [2.45, 2.75) is 26.7 Å². The first-order chi connectivity index (χ1) is 9.41. The van der Waals surface area contributed by atoms with Gasteiger partial charge in [0.15, 0.2) is 11.6 Å². The van der Waals surface area contributed by atoms with Gasteiger partial charge < -0.3 is 0 Å². The van der Waals surface area contributed by atoms with Crippen LogP contribution < -0.4 is 0 Å². The Morgan fingerprint density at radius 3 is 1.85 bits per heavy atom. The minimum Gasteiger partial charge on any atom is -0.205 e. The van der Waals surface area contributed by atoms with Crippen molar-refractivity contribution in [1.29, 1.82) is 0 Å². The molecular formula is C16H14ClF3. The number of hydrogen-bond donors (Lipinski definition) is 0. The third kappa shape index (κ3) is 2.83. The third-order valence-electron chi connectivity index (χ3n) is 3.37. The molecule has 0 bridgehead atoms. The van der Waals surface area contributed by atoms with Crippen LogP contribution in [-0.4, -0.2) is 0 Å². The van der Waals surface area contributed by atoms with Gasteiger partial charge in [-0.05, 0) is 48.9 Å². The zero-order valence-electron chi connectivity index (χ0n) is 11.2. The highest BCUT2D eigenvalue weighted by molar-refractivity contribution is 6.31. The summed E-state index contributed by atoms with van der Waals surface area (Å²) in [7, 11) is 0. The van der Waals surface area contributed by atoms with Crippen molar-refractivity contribution in [2.24, 2.45) is 0 Å². The predicted octanol–water partition coefficient (Wildman–Crippen LogP) is 5.16. The first kappa shape index (κ1) is 14.9. The van der Waals surface area contributed by atoms with Crippen LogP contribution in [0.2, 0.25) is 5.02 Å². The van der Waals surface area contributed by atoms with Gasteiger partial charge in [0.2, 0.25) is 0 Å². The Morgan fingerprint density at radius 1 is 0.750 bits per heavy atom. The molecule has 4 heteroatoms. The lowest BCUT2D eigenvalue weighted by Gasteiger charge is -2.09. The molecule has 0 unspecified atom stereocenters. The van der Waals surface area contributed by atoms with Gasteiger partial charge >= 0.3 is 0 Å². The molecule has 0 heterocycles. The second kappa shape index (κ2) is 5.88. The van der Waals surface area contributed by atoms with Gasteiger partial charge in [0.25, 0.3) is 0 Å². The standard InChI is InChI=1S/C16H14ClF3/c1-9-3-5-11(15(19)13(9)17)7-8-12-6-4-10(2)14(18)16(12)20/h3-6H,7-8H2,1-2H3. The summed E-state index contributed by atoms with van der Waals surface area (Å²) in [5, 5.41) is 0.0815. The molecule has 2 aromatic rings. The van der Waals surface area contributed by atoms with Crippen molar-refractivity contribution < 1.29 is 13.2 Å². The summed E-state index contributed by atoms with van der Waals surface area (Å²) in [6.07, 6.45) is 0.491. The molecule has 0 atom stereocenters. The Morgan fingerprint density at radius 2 is 1.25 bits per heavy atom.